The highest BCUT2D eigenvalue weighted by Gasteiger charge is 2.37. The standard InChI is InChI=1S/C16H13N3O3S/c1-18-14(20)11(15(21)19(2)16(18)22)8-13-17-12(9-23-13)10-6-4-3-5-7-10/h3-9H,1-2H3. The monoisotopic (exact) mass is 327 g/mol. The fourth-order valence-corrected chi connectivity index (χ4v) is 2.95. The van der Waals surface area contributed by atoms with Crippen LogP contribution in [0.25, 0.3) is 17.3 Å². The number of nitrogens with zero attached hydrogens (tertiary/aromatic N) is 3. The predicted molar refractivity (Wildman–Crippen MR) is 86.5 cm³/mol. The SMILES string of the molecule is CN1C(=O)C(=Cc2nc(-c3ccccc3)cs2)C(=O)N(C)C1=O. The first-order valence-corrected chi connectivity index (χ1v) is 7.69. The van der Waals surface area contributed by atoms with Crippen molar-refractivity contribution < 1.29 is 14.4 Å². The van der Waals surface area contributed by atoms with Gasteiger partial charge in [0.15, 0.2) is 0 Å². The van der Waals surface area contributed by atoms with Crippen molar-refractivity contribution in [2.75, 3.05) is 14.1 Å². The summed E-state index contributed by atoms with van der Waals surface area (Å²) in [5, 5.41) is 2.40. The minimum atomic E-state index is -0.638. The molecule has 1 saturated heterocycles. The van der Waals surface area contributed by atoms with Gasteiger partial charge in [0.1, 0.15) is 10.6 Å². The van der Waals surface area contributed by atoms with Crippen molar-refractivity contribution in [3.8, 4) is 11.3 Å². The molecule has 0 aliphatic carbocycles. The number of hydrogen-bond acceptors (Lipinski definition) is 5. The molecule has 0 atom stereocenters. The molecule has 1 fully saturated rings. The Kier molecular flexibility index (Phi) is 3.79. The summed E-state index contributed by atoms with van der Waals surface area (Å²) in [6, 6.07) is 8.97. The van der Waals surface area contributed by atoms with Gasteiger partial charge in [-0.3, -0.25) is 19.4 Å². The number of carbonyl (C=O) groups excluding carboxylic acids is 3. The van der Waals surface area contributed by atoms with Crippen molar-refractivity contribution in [1.82, 2.24) is 14.8 Å². The van der Waals surface area contributed by atoms with Crippen LogP contribution >= 0.6 is 11.3 Å². The fraction of sp³-hybridized carbons (Fsp3) is 0.125. The van der Waals surface area contributed by atoms with E-state index in [2.05, 4.69) is 4.98 Å². The summed E-state index contributed by atoms with van der Waals surface area (Å²) in [5.41, 5.74) is 1.67. The minimum absolute atomic E-state index is 0.0661. The predicted octanol–water partition coefficient (Wildman–Crippen LogP) is 2.24. The second-order valence-corrected chi connectivity index (χ2v) is 5.90. The molecule has 0 spiro atoms. The molecule has 0 radical (unpaired) electrons. The number of aromatic nitrogens is 1. The Morgan fingerprint density at radius 1 is 1.00 bits per heavy atom. The molecule has 0 unspecified atom stereocenters. The van der Waals surface area contributed by atoms with Gasteiger partial charge in [-0.05, 0) is 6.08 Å². The zero-order chi connectivity index (χ0) is 16.6. The number of amides is 4. The Morgan fingerprint density at radius 2 is 1.61 bits per heavy atom. The van der Waals surface area contributed by atoms with E-state index in [-0.39, 0.29) is 5.57 Å². The third-order valence-electron chi connectivity index (χ3n) is 3.50. The molecule has 4 amide bonds. The molecule has 6 nitrogen and oxygen atoms in total. The maximum Gasteiger partial charge on any atom is 0.333 e. The number of imide groups is 2. The van der Waals surface area contributed by atoms with Gasteiger partial charge >= 0.3 is 6.03 Å². The lowest BCUT2D eigenvalue weighted by atomic mass is 10.1. The van der Waals surface area contributed by atoms with E-state index in [0.717, 1.165) is 21.1 Å². The average Bonchev–Trinajstić information content (AvgIpc) is 3.05. The highest BCUT2D eigenvalue weighted by Crippen LogP contribution is 2.24. The summed E-state index contributed by atoms with van der Waals surface area (Å²) in [4.78, 5) is 42.2. The lowest BCUT2D eigenvalue weighted by Crippen LogP contribution is -2.52. The molecule has 3 rings (SSSR count). The lowest BCUT2D eigenvalue weighted by Gasteiger charge is -2.28. The highest BCUT2D eigenvalue weighted by atomic mass is 32.1. The Morgan fingerprint density at radius 3 is 2.22 bits per heavy atom. The fourth-order valence-electron chi connectivity index (χ4n) is 2.19. The number of urea groups is 1. The van der Waals surface area contributed by atoms with Crippen molar-refractivity contribution in [3.63, 3.8) is 0 Å². The summed E-state index contributed by atoms with van der Waals surface area (Å²) in [6.45, 7) is 0. The van der Waals surface area contributed by atoms with Crippen LogP contribution in [0.3, 0.4) is 0 Å². The molecular weight excluding hydrogens is 314 g/mol. The maximum absolute atomic E-state index is 12.1. The van der Waals surface area contributed by atoms with Crippen LogP contribution < -0.4 is 0 Å². The zero-order valence-corrected chi connectivity index (χ0v) is 13.3. The number of likely N-dealkylation sites (N-methyl/N-ethyl adjacent to an activating group) is 2. The molecule has 0 saturated carbocycles. The summed E-state index contributed by atoms with van der Waals surface area (Å²) < 4.78 is 0. The zero-order valence-electron chi connectivity index (χ0n) is 12.5. The second-order valence-electron chi connectivity index (χ2n) is 5.01. The Bertz CT molecular complexity index is 800. The number of benzene rings is 1. The molecule has 2 aromatic rings. The van der Waals surface area contributed by atoms with Crippen LogP contribution in [0, 0.1) is 0 Å². The molecule has 1 aliphatic heterocycles. The topological polar surface area (TPSA) is 70.6 Å². The highest BCUT2D eigenvalue weighted by molar-refractivity contribution is 7.10. The summed E-state index contributed by atoms with van der Waals surface area (Å²) >= 11 is 1.33. The van der Waals surface area contributed by atoms with Crippen LogP contribution in [-0.4, -0.2) is 46.7 Å². The molecule has 7 heteroatoms. The normalized spacial score (nSPS) is 15.4. The smallest absolute Gasteiger partial charge is 0.268 e. The Labute approximate surface area is 136 Å². The number of thiazole rings is 1. The van der Waals surface area contributed by atoms with Crippen LogP contribution in [0.1, 0.15) is 5.01 Å². The van der Waals surface area contributed by atoms with Gasteiger partial charge in [0, 0.05) is 25.0 Å². The Hall–Kier alpha value is -2.80. The van der Waals surface area contributed by atoms with Crippen LogP contribution in [0.15, 0.2) is 41.3 Å². The van der Waals surface area contributed by atoms with Crippen molar-refractivity contribution in [2.45, 2.75) is 0 Å². The van der Waals surface area contributed by atoms with Gasteiger partial charge in [0.25, 0.3) is 11.8 Å². The molecule has 1 aromatic heterocycles. The first kappa shape index (κ1) is 15.1. The van der Waals surface area contributed by atoms with E-state index in [1.165, 1.54) is 31.5 Å². The number of barbiturate groups is 1. The third-order valence-corrected chi connectivity index (χ3v) is 4.30. The molecule has 0 bridgehead atoms. The largest absolute Gasteiger partial charge is 0.333 e. The molecule has 116 valence electrons. The average molecular weight is 327 g/mol. The van der Waals surface area contributed by atoms with Gasteiger partial charge in [-0.25, -0.2) is 9.78 Å². The maximum atomic E-state index is 12.1. The van der Waals surface area contributed by atoms with E-state index in [1.54, 1.807) is 0 Å². The van der Waals surface area contributed by atoms with Crippen LogP contribution in [0.4, 0.5) is 4.79 Å². The number of carbonyl (C=O) groups is 3. The molecule has 2 heterocycles. The van der Waals surface area contributed by atoms with Crippen LogP contribution in [-0.2, 0) is 9.59 Å². The lowest BCUT2D eigenvalue weighted by molar-refractivity contribution is -0.134. The van der Waals surface area contributed by atoms with E-state index < -0.39 is 17.8 Å². The molecule has 23 heavy (non-hydrogen) atoms. The Balaban J connectivity index is 1.95. The third kappa shape index (κ3) is 2.66. The first-order chi connectivity index (χ1) is 11.0. The summed E-state index contributed by atoms with van der Waals surface area (Å²) in [6.07, 6.45) is 1.43. The van der Waals surface area contributed by atoms with Crippen molar-refractivity contribution >= 4 is 35.3 Å². The minimum Gasteiger partial charge on any atom is -0.268 e. The van der Waals surface area contributed by atoms with Crippen LogP contribution in [0.5, 0.6) is 0 Å². The number of hydrogen-bond donors (Lipinski definition) is 0. The molecule has 1 aromatic carbocycles. The van der Waals surface area contributed by atoms with Crippen LogP contribution in [0.2, 0.25) is 0 Å². The van der Waals surface area contributed by atoms with Crippen molar-refractivity contribution in [1.29, 1.82) is 0 Å². The van der Waals surface area contributed by atoms with Crippen molar-refractivity contribution in [2.24, 2.45) is 0 Å². The summed E-state index contributed by atoms with van der Waals surface area (Å²) in [7, 11) is 2.69. The van der Waals surface area contributed by atoms with Gasteiger partial charge < -0.3 is 0 Å². The summed E-state index contributed by atoms with van der Waals surface area (Å²) in [5.74, 6) is -1.23. The van der Waals surface area contributed by atoms with E-state index in [4.69, 9.17) is 0 Å². The van der Waals surface area contributed by atoms with Gasteiger partial charge in [-0.15, -0.1) is 11.3 Å². The molecular formula is C16H13N3O3S. The van der Waals surface area contributed by atoms with Gasteiger partial charge in [0.2, 0.25) is 0 Å². The first-order valence-electron chi connectivity index (χ1n) is 6.81. The number of rotatable bonds is 2. The van der Waals surface area contributed by atoms with Gasteiger partial charge in [-0.2, -0.15) is 0 Å². The molecule has 1 aliphatic rings. The van der Waals surface area contributed by atoms with E-state index in [0.29, 0.717) is 5.01 Å². The van der Waals surface area contributed by atoms with E-state index >= 15 is 0 Å². The van der Waals surface area contributed by atoms with E-state index in [9.17, 15) is 14.4 Å². The quantitative estimate of drug-likeness (QED) is 0.626. The van der Waals surface area contributed by atoms with Gasteiger partial charge in [0.05, 0.1) is 5.69 Å². The van der Waals surface area contributed by atoms with Gasteiger partial charge in [-0.1, -0.05) is 30.3 Å². The van der Waals surface area contributed by atoms with Crippen molar-refractivity contribution in [3.05, 3.63) is 46.3 Å². The van der Waals surface area contributed by atoms with E-state index in [1.807, 2.05) is 35.7 Å². The molecule has 0 N–H and O–H groups in total. The second kappa shape index (κ2) is 5.77.